The fourth-order valence-electron chi connectivity index (χ4n) is 3.99. The number of hydrogen-bond donors (Lipinski definition) is 1. The van der Waals surface area contributed by atoms with Gasteiger partial charge in [-0.1, -0.05) is 31.7 Å². The van der Waals surface area contributed by atoms with Crippen molar-refractivity contribution in [2.24, 2.45) is 11.8 Å². The van der Waals surface area contributed by atoms with Crippen LogP contribution in [-0.2, 0) is 0 Å². The average Bonchev–Trinajstić information content (AvgIpc) is 2.93. The lowest BCUT2D eigenvalue weighted by Gasteiger charge is -2.36. The molecule has 0 aromatic heterocycles. The van der Waals surface area contributed by atoms with Gasteiger partial charge in [-0.05, 0) is 49.4 Å². The molecule has 104 valence electrons. The van der Waals surface area contributed by atoms with E-state index in [2.05, 4.69) is 5.32 Å². The van der Waals surface area contributed by atoms with Gasteiger partial charge in [-0.2, -0.15) is 0 Å². The Hall–Kier alpha value is -0.960. The third kappa shape index (κ3) is 2.53. The molecule has 0 radical (unpaired) electrons. The molecule has 1 aromatic carbocycles. The van der Waals surface area contributed by atoms with Gasteiger partial charge in [0.05, 0.1) is 0 Å². The Labute approximate surface area is 113 Å². The second-order valence-corrected chi connectivity index (χ2v) is 5.94. The van der Waals surface area contributed by atoms with Crippen LogP contribution in [-0.4, -0.2) is 13.1 Å². The summed E-state index contributed by atoms with van der Waals surface area (Å²) < 4.78 is 28.1. The molecule has 3 rings (SSSR count). The van der Waals surface area contributed by atoms with Gasteiger partial charge in [-0.15, -0.1) is 0 Å². The summed E-state index contributed by atoms with van der Waals surface area (Å²) in [5.41, 5.74) is 0.334. The van der Waals surface area contributed by atoms with E-state index in [0.717, 1.165) is 19.5 Å². The maximum Gasteiger partial charge on any atom is 0.129 e. The molecule has 2 atom stereocenters. The molecule has 1 saturated carbocycles. The first-order valence-corrected chi connectivity index (χ1v) is 7.42. The quantitative estimate of drug-likeness (QED) is 0.856. The summed E-state index contributed by atoms with van der Waals surface area (Å²) in [4.78, 5) is 0. The highest BCUT2D eigenvalue weighted by atomic mass is 19.1. The van der Waals surface area contributed by atoms with Gasteiger partial charge in [0.2, 0.25) is 0 Å². The molecule has 0 amide bonds. The Morgan fingerprint density at radius 3 is 2.37 bits per heavy atom. The molecule has 2 unspecified atom stereocenters. The van der Waals surface area contributed by atoms with E-state index >= 15 is 0 Å². The average molecular weight is 265 g/mol. The molecule has 0 bridgehead atoms. The Morgan fingerprint density at radius 1 is 1.00 bits per heavy atom. The van der Waals surface area contributed by atoms with Crippen LogP contribution in [0, 0.1) is 23.5 Å². The number of nitrogens with one attached hydrogen (secondary N) is 1. The SMILES string of the molecule is Fc1cccc(F)c1C1CCNCC1C1CCCC1. The lowest BCUT2D eigenvalue weighted by atomic mass is 9.73. The Morgan fingerprint density at radius 2 is 1.68 bits per heavy atom. The van der Waals surface area contributed by atoms with E-state index in [-0.39, 0.29) is 17.6 Å². The summed E-state index contributed by atoms with van der Waals surface area (Å²) in [7, 11) is 0. The third-order valence-electron chi connectivity index (χ3n) is 4.90. The summed E-state index contributed by atoms with van der Waals surface area (Å²) >= 11 is 0. The summed E-state index contributed by atoms with van der Waals surface area (Å²) in [6.07, 6.45) is 5.83. The van der Waals surface area contributed by atoms with Crippen LogP contribution in [0.1, 0.15) is 43.6 Å². The van der Waals surface area contributed by atoms with Gasteiger partial charge in [-0.25, -0.2) is 8.78 Å². The largest absolute Gasteiger partial charge is 0.316 e. The van der Waals surface area contributed by atoms with Gasteiger partial charge in [-0.3, -0.25) is 0 Å². The van der Waals surface area contributed by atoms with Gasteiger partial charge < -0.3 is 5.32 Å². The van der Waals surface area contributed by atoms with Crippen molar-refractivity contribution in [2.45, 2.75) is 38.0 Å². The highest BCUT2D eigenvalue weighted by molar-refractivity contribution is 5.25. The van der Waals surface area contributed by atoms with Crippen LogP contribution in [0.25, 0.3) is 0 Å². The van der Waals surface area contributed by atoms with Crippen molar-refractivity contribution in [2.75, 3.05) is 13.1 Å². The number of piperidine rings is 1. The zero-order valence-corrected chi connectivity index (χ0v) is 11.2. The van der Waals surface area contributed by atoms with Crippen LogP contribution in [0.5, 0.6) is 0 Å². The minimum absolute atomic E-state index is 0.0468. The van der Waals surface area contributed by atoms with E-state index in [0.29, 0.717) is 17.4 Å². The lowest BCUT2D eigenvalue weighted by molar-refractivity contribution is 0.224. The maximum absolute atomic E-state index is 14.0. The smallest absolute Gasteiger partial charge is 0.129 e. The zero-order valence-electron chi connectivity index (χ0n) is 11.2. The van der Waals surface area contributed by atoms with Gasteiger partial charge in [0.15, 0.2) is 0 Å². The monoisotopic (exact) mass is 265 g/mol. The van der Waals surface area contributed by atoms with E-state index in [1.54, 1.807) is 0 Å². The topological polar surface area (TPSA) is 12.0 Å². The molecular formula is C16H21F2N. The fourth-order valence-corrected chi connectivity index (χ4v) is 3.99. The van der Waals surface area contributed by atoms with Crippen molar-refractivity contribution >= 4 is 0 Å². The second-order valence-electron chi connectivity index (χ2n) is 5.94. The first kappa shape index (κ1) is 13.0. The summed E-state index contributed by atoms with van der Waals surface area (Å²) in [5.74, 6) is 0.342. The predicted octanol–water partition coefficient (Wildman–Crippen LogP) is 3.85. The van der Waals surface area contributed by atoms with Crippen molar-refractivity contribution in [3.63, 3.8) is 0 Å². The van der Waals surface area contributed by atoms with E-state index in [9.17, 15) is 8.78 Å². The number of benzene rings is 1. The molecule has 2 fully saturated rings. The second kappa shape index (κ2) is 5.58. The lowest BCUT2D eigenvalue weighted by Crippen LogP contribution is -2.39. The first-order valence-electron chi connectivity index (χ1n) is 7.42. The molecule has 3 heteroatoms. The van der Waals surface area contributed by atoms with Crippen LogP contribution >= 0.6 is 0 Å². The molecule has 1 aliphatic carbocycles. The molecule has 1 nitrogen and oxygen atoms in total. The van der Waals surface area contributed by atoms with Crippen LogP contribution in [0.15, 0.2) is 18.2 Å². The Kier molecular flexibility index (Phi) is 3.83. The zero-order chi connectivity index (χ0) is 13.2. The molecule has 1 saturated heterocycles. The molecule has 1 heterocycles. The van der Waals surface area contributed by atoms with Crippen LogP contribution in [0.2, 0.25) is 0 Å². The predicted molar refractivity (Wildman–Crippen MR) is 72.0 cm³/mol. The number of hydrogen-bond acceptors (Lipinski definition) is 1. The molecule has 1 N–H and O–H groups in total. The molecule has 2 aliphatic rings. The minimum atomic E-state index is -0.366. The normalized spacial score (nSPS) is 28.7. The van der Waals surface area contributed by atoms with E-state index in [1.165, 1.54) is 43.9 Å². The van der Waals surface area contributed by atoms with Crippen LogP contribution < -0.4 is 5.32 Å². The number of halogens is 2. The minimum Gasteiger partial charge on any atom is -0.316 e. The molecular weight excluding hydrogens is 244 g/mol. The third-order valence-corrected chi connectivity index (χ3v) is 4.90. The highest BCUT2D eigenvalue weighted by Crippen LogP contribution is 2.43. The number of rotatable bonds is 2. The summed E-state index contributed by atoms with van der Waals surface area (Å²) in [6, 6.07) is 4.25. The molecule has 1 aromatic rings. The Bertz CT molecular complexity index is 420. The van der Waals surface area contributed by atoms with Crippen molar-refractivity contribution in [1.29, 1.82) is 0 Å². The van der Waals surface area contributed by atoms with Crippen molar-refractivity contribution in [3.8, 4) is 0 Å². The van der Waals surface area contributed by atoms with E-state index in [1.807, 2.05) is 0 Å². The molecule has 19 heavy (non-hydrogen) atoms. The van der Waals surface area contributed by atoms with E-state index in [4.69, 9.17) is 0 Å². The maximum atomic E-state index is 14.0. The van der Waals surface area contributed by atoms with Gasteiger partial charge >= 0.3 is 0 Å². The van der Waals surface area contributed by atoms with Crippen molar-refractivity contribution in [3.05, 3.63) is 35.4 Å². The summed E-state index contributed by atoms with van der Waals surface area (Å²) in [6.45, 7) is 1.77. The summed E-state index contributed by atoms with van der Waals surface area (Å²) in [5, 5.41) is 3.41. The molecule has 1 aliphatic heterocycles. The Balaban J connectivity index is 1.91. The van der Waals surface area contributed by atoms with Crippen molar-refractivity contribution < 1.29 is 8.78 Å². The first-order chi connectivity index (χ1) is 9.27. The highest BCUT2D eigenvalue weighted by Gasteiger charge is 2.36. The van der Waals surface area contributed by atoms with Gasteiger partial charge in [0, 0.05) is 5.56 Å². The van der Waals surface area contributed by atoms with Crippen LogP contribution in [0.3, 0.4) is 0 Å². The van der Waals surface area contributed by atoms with Gasteiger partial charge in [0.25, 0.3) is 0 Å². The van der Waals surface area contributed by atoms with Gasteiger partial charge in [0.1, 0.15) is 11.6 Å². The fraction of sp³-hybridized carbons (Fsp3) is 0.625. The van der Waals surface area contributed by atoms with Crippen molar-refractivity contribution in [1.82, 2.24) is 5.32 Å². The molecule has 0 spiro atoms. The standard InChI is InChI=1S/C16H21F2N/c17-14-6-3-7-15(18)16(14)12-8-9-19-10-13(12)11-4-1-2-5-11/h3,6-7,11-13,19H,1-2,4-5,8-10H2. The van der Waals surface area contributed by atoms with E-state index < -0.39 is 0 Å². The van der Waals surface area contributed by atoms with Crippen LogP contribution in [0.4, 0.5) is 8.78 Å².